The molecule has 2 N–H and O–H groups in total. The number of ether oxygens (including phenoxy) is 2. The van der Waals surface area contributed by atoms with E-state index in [-0.39, 0.29) is 5.54 Å². The van der Waals surface area contributed by atoms with Crippen LogP contribution in [0, 0.1) is 5.92 Å². The molecule has 3 heteroatoms. The van der Waals surface area contributed by atoms with Crippen LogP contribution >= 0.6 is 0 Å². The maximum atomic E-state index is 6.51. The average molecular weight is 271 g/mol. The molecule has 0 spiro atoms. The van der Waals surface area contributed by atoms with Crippen molar-refractivity contribution in [3.8, 4) is 0 Å². The van der Waals surface area contributed by atoms with Crippen LogP contribution in [-0.2, 0) is 9.47 Å². The van der Waals surface area contributed by atoms with Gasteiger partial charge in [-0.2, -0.15) is 0 Å². The second-order valence-electron chi connectivity index (χ2n) is 6.16. The lowest BCUT2D eigenvalue weighted by Gasteiger charge is -2.37. The first-order valence-corrected chi connectivity index (χ1v) is 8.06. The first-order chi connectivity index (χ1) is 9.20. The van der Waals surface area contributed by atoms with Crippen LogP contribution in [0.5, 0.6) is 0 Å². The van der Waals surface area contributed by atoms with Gasteiger partial charge in [-0.25, -0.2) is 0 Å². The summed E-state index contributed by atoms with van der Waals surface area (Å²) in [5, 5.41) is 0. The molecule has 0 atom stereocenters. The van der Waals surface area contributed by atoms with E-state index in [1.165, 1.54) is 44.9 Å². The summed E-state index contributed by atoms with van der Waals surface area (Å²) in [5.74, 6) is 0.939. The Balaban J connectivity index is 2.07. The van der Waals surface area contributed by atoms with Gasteiger partial charge in [0.05, 0.1) is 13.2 Å². The van der Waals surface area contributed by atoms with Gasteiger partial charge in [0.15, 0.2) is 0 Å². The minimum atomic E-state index is 0.0906. The fourth-order valence-electron chi connectivity index (χ4n) is 3.05. The van der Waals surface area contributed by atoms with Gasteiger partial charge >= 0.3 is 0 Å². The number of methoxy groups -OCH3 is 1. The molecule has 1 fully saturated rings. The van der Waals surface area contributed by atoms with Crippen molar-refractivity contribution >= 4 is 0 Å². The van der Waals surface area contributed by atoms with Crippen molar-refractivity contribution in [2.75, 3.05) is 26.9 Å². The predicted molar refractivity (Wildman–Crippen MR) is 80.3 cm³/mol. The van der Waals surface area contributed by atoms with Crippen LogP contribution in [0.2, 0.25) is 0 Å². The highest BCUT2D eigenvalue weighted by Crippen LogP contribution is 2.35. The molecule has 0 aromatic rings. The molecule has 0 bridgehead atoms. The van der Waals surface area contributed by atoms with E-state index in [9.17, 15) is 0 Å². The van der Waals surface area contributed by atoms with Gasteiger partial charge < -0.3 is 15.2 Å². The maximum Gasteiger partial charge on any atom is 0.0700 e. The van der Waals surface area contributed by atoms with Crippen LogP contribution in [0.3, 0.4) is 0 Å². The minimum absolute atomic E-state index is 0.0906. The van der Waals surface area contributed by atoms with Gasteiger partial charge in [0.1, 0.15) is 0 Å². The summed E-state index contributed by atoms with van der Waals surface area (Å²) in [6.07, 6.45) is 11.4. The Bertz CT molecular complexity index is 213. The summed E-state index contributed by atoms with van der Waals surface area (Å²) in [6.45, 7) is 4.49. The Morgan fingerprint density at radius 1 is 1.11 bits per heavy atom. The minimum Gasteiger partial charge on any atom is -0.382 e. The fraction of sp³-hybridized carbons (Fsp3) is 1.00. The number of hydrogen-bond donors (Lipinski definition) is 1. The maximum absolute atomic E-state index is 6.51. The first kappa shape index (κ1) is 16.9. The standard InChI is InChI=1S/C16H33NO2/c1-3-4-6-15-7-10-16(17,11-8-15)9-5-12-19-14-13-18-2/h15H,3-14,17H2,1-2H3. The summed E-state index contributed by atoms with van der Waals surface area (Å²) in [5.41, 5.74) is 6.60. The zero-order chi connectivity index (χ0) is 14.0. The molecule has 0 amide bonds. The second-order valence-corrected chi connectivity index (χ2v) is 6.16. The van der Waals surface area contributed by atoms with Crippen molar-refractivity contribution in [1.29, 1.82) is 0 Å². The third kappa shape index (κ3) is 7.28. The largest absolute Gasteiger partial charge is 0.382 e. The van der Waals surface area contributed by atoms with Crippen LogP contribution in [0.4, 0.5) is 0 Å². The van der Waals surface area contributed by atoms with E-state index in [2.05, 4.69) is 6.92 Å². The molecule has 0 aromatic heterocycles. The van der Waals surface area contributed by atoms with E-state index in [0.29, 0.717) is 13.2 Å². The Labute approximate surface area is 119 Å². The normalized spacial score (nSPS) is 27.6. The smallest absolute Gasteiger partial charge is 0.0700 e. The zero-order valence-corrected chi connectivity index (χ0v) is 13.0. The Kier molecular flexibility index (Phi) is 8.67. The lowest BCUT2D eigenvalue weighted by Crippen LogP contribution is -2.43. The van der Waals surface area contributed by atoms with Gasteiger partial charge in [-0.15, -0.1) is 0 Å². The number of unbranched alkanes of at least 4 members (excludes halogenated alkanes) is 1. The van der Waals surface area contributed by atoms with E-state index in [4.69, 9.17) is 15.2 Å². The molecular weight excluding hydrogens is 238 g/mol. The lowest BCUT2D eigenvalue weighted by atomic mass is 9.73. The Hall–Kier alpha value is -0.120. The van der Waals surface area contributed by atoms with E-state index < -0.39 is 0 Å². The van der Waals surface area contributed by atoms with Gasteiger partial charge in [-0.3, -0.25) is 0 Å². The van der Waals surface area contributed by atoms with Gasteiger partial charge in [-0.1, -0.05) is 26.2 Å². The molecule has 19 heavy (non-hydrogen) atoms. The lowest BCUT2D eigenvalue weighted by molar-refractivity contribution is 0.0645. The number of rotatable bonds is 10. The average Bonchev–Trinajstić information content (AvgIpc) is 2.42. The van der Waals surface area contributed by atoms with Crippen molar-refractivity contribution in [2.45, 2.75) is 70.3 Å². The quantitative estimate of drug-likeness (QED) is 0.618. The summed E-state index contributed by atoms with van der Waals surface area (Å²) in [4.78, 5) is 0. The van der Waals surface area contributed by atoms with E-state index in [1.807, 2.05) is 0 Å². The molecule has 114 valence electrons. The second kappa shape index (κ2) is 9.73. The van der Waals surface area contributed by atoms with Crippen LogP contribution < -0.4 is 5.73 Å². The van der Waals surface area contributed by atoms with Crippen molar-refractivity contribution < 1.29 is 9.47 Å². The van der Waals surface area contributed by atoms with Gasteiger partial charge in [0.25, 0.3) is 0 Å². The van der Waals surface area contributed by atoms with Gasteiger partial charge in [0, 0.05) is 19.3 Å². The van der Waals surface area contributed by atoms with Crippen LogP contribution in [0.25, 0.3) is 0 Å². The highest BCUT2D eigenvalue weighted by molar-refractivity contribution is 4.89. The highest BCUT2D eigenvalue weighted by Gasteiger charge is 2.30. The molecule has 1 aliphatic carbocycles. The highest BCUT2D eigenvalue weighted by atomic mass is 16.5. The number of nitrogens with two attached hydrogens (primary N) is 1. The predicted octanol–water partition coefficient (Wildman–Crippen LogP) is 3.51. The van der Waals surface area contributed by atoms with E-state index >= 15 is 0 Å². The van der Waals surface area contributed by atoms with Crippen LogP contribution in [0.1, 0.15) is 64.7 Å². The molecule has 1 aliphatic rings. The van der Waals surface area contributed by atoms with Crippen molar-refractivity contribution in [3.05, 3.63) is 0 Å². The van der Waals surface area contributed by atoms with E-state index in [0.717, 1.165) is 25.4 Å². The van der Waals surface area contributed by atoms with E-state index in [1.54, 1.807) is 7.11 Å². The number of hydrogen-bond acceptors (Lipinski definition) is 3. The summed E-state index contributed by atoms with van der Waals surface area (Å²) < 4.78 is 10.5. The molecule has 0 radical (unpaired) electrons. The fourth-order valence-corrected chi connectivity index (χ4v) is 3.05. The SMILES string of the molecule is CCCCC1CCC(N)(CCCOCCOC)CC1. The van der Waals surface area contributed by atoms with Crippen LogP contribution in [0.15, 0.2) is 0 Å². The molecule has 1 saturated carbocycles. The van der Waals surface area contributed by atoms with Gasteiger partial charge in [-0.05, 0) is 44.4 Å². The molecule has 3 nitrogen and oxygen atoms in total. The molecular formula is C16H33NO2. The summed E-state index contributed by atoms with van der Waals surface area (Å²) in [6, 6.07) is 0. The van der Waals surface area contributed by atoms with Gasteiger partial charge in [0.2, 0.25) is 0 Å². The van der Waals surface area contributed by atoms with Crippen molar-refractivity contribution in [2.24, 2.45) is 11.7 Å². The van der Waals surface area contributed by atoms with Crippen LogP contribution in [-0.4, -0.2) is 32.5 Å². The summed E-state index contributed by atoms with van der Waals surface area (Å²) >= 11 is 0. The zero-order valence-electron chi connectivity index (χ0n) is 13.0. The monoisotopic (exact) mass is 271 g/mol. The molecule has 0 heterocycles. The molecule has 0 aliphatic heterocycles. The van der Waals surface area contributed by atoms with Crippen molar-refractivity contribution in [3.63, 3.8) is 0 Å². The first-order valence-electron chi connectivity index (χ1n) is 8.06. The topological polar surface area (TPSA) is 44.5 Å². The Morgan fingerprint density at radius 3 is 2.47 bits per heavy atom. The molecule has 0 saturated heterocycles. The summed E-state index contributed by atoms with van der Waals surface area (Å²) in [7, 11) is 1.70. The molecule has 0 unspecified atom stereocenters. The Morgan fingerprint density at radius 2 is 1.84 bits per heavy atom. The third-order valence-corrected chi connectivity index (χ3v) is 4.46. The molecule has 1 rings (SSSR count). The van der Waals surface area contributed by atoms with Crippen molar-refractivity contribution in [1.82, 2.24) is 0 Å². The molecule has 0 aromatic carbocycles. The third-order valence-electron chi connectivity index (χ3n) is 4.46.